The molecule has 8 nitrogen and oxygen atoms in total. The first kappa shape index (κ1) is 13.8. The van der Waals surface area contributed by atoms with Crippen molar-refractivity contribution in [2.24, 2.45) is 0 Å². The molecule has 0 aliphatic rings. The van der Waals surface area contributed by atoms with Gasteiger partial charge in [0.15, 0.2) is 0 Å². The molecular weight excluding hydrogens is 282 g/mol. The van der Waals surface area contributed by atoms with E-state index in [1.807, 2.05) is 30.3 Å². The number of nitrogens with one attached hydrogen (secondary N) is 2. The molecule has 0 saturated heterocycles. The average molecular weight is 297 g/mol. The molecule has 3 aromatic rings. The molecule has 8 heteroatoms. The topological polar surface area (TPSA) is 117 Å². The number of amides is 1. The summed E-state index contributed by atoms with van der Waals surface area (Å²) in [6.07, 6.45) is 1.71. The lowest BCUT2D eigenvalue weighted by Crippen LogP contribution is -2.27. The maximum absolute atomic E-state index is 12.2. The Morgan fingerprint density at radius 2 is 2.05 bits per heavy atom. The summed E-state index contributed by atoms with van der Waals surface area (Å²) in [7, 11) is 1.68. The van der Waals surface area contributed by atoms with Crippen LogP contribution in [-0.4, -0.2) is 43.2 Å². The molecular formula is C14H15N7O. The van der Waals surface area contributed by atoms with Crippen molar-refractivity contribution in [3.8, 4) is 11.3 Å². The Kier molecular flexibility index (Phi) is 3.57. The van der Waals surface area contributed by atoms with Gasteiger partial charge in [-0.2, -0.15) is 10.1 Å². The predicted octanol–water partition coefficient (Wildman–Crippen LogP) is 1.05. The molecule has 112 valence electrons. The second-order valence-electron chi connectivity index (χ2n) is 4.84. The van der Waals surface area contributed by atoms with Crippen LogP contribution in [0, 0.1) is 0 Å². The van der Waals surface area contributed by atoms with Gasteiger partial charge in [0.05, 0.1) is 11.9 Å². The van der Waals surface area contributed by atoms with Crippen LogP contribution in [0.2, 0.25) is 0 Å². The highest BCUT2D eigenvalue weighted by molar-refractivity contribution is 5.90. The number of aromatic amines is 2. The molecule has 0 radical (unpaired) electrons. The van der Waals surface area contributed by atoms with Crippen LogP contribution in [0.25, 0.3) is 11.3 Å². The van der Waals surface area contributed by atoms with E-state index in [1.54, 1.807) is 13.2 Å². The molecule has 0 aliphatic carbocycles. The number of nitrogen functional groups attached to an aromatic ring is 1. The molecule has 1 aromatic carbocycles. The van der Waals surface area contributed by atoms with Gasteiger partial charge in [-0.15, -0.1) is 5.10 Å². The lowest BCUT2D eigenvalue weighted by Gasteiger charge is -2.15. The summed E-state index contributed by atoms with van der Waals surface area (Å²) >= 11 is 0. The maximum atomic E-state index is 12.2. The van der Waals surface area contributed by atoms with E-state index in [9.17, 15) is 4.79 Å². The van der Waals surface area contributed by atoms with Crippen LogP contribution in [0.3, 0.4) is 0 Å². The Labute approximate surface area is 126 Å². The molecule has 0 spiro atoms. The van der Waals surface area contributed by atoms with Gasteiger partial charge in [0.1, 0.15) is 0 Å². The van der Waals surface area contributed by atoms with E-state index in [1.165, 1.54) is 4.90 Å². The molecule has 3 rings (SSSR count). The van der Waals surface area contributed by atoms with E-state index < -0.39 is 0 Å². The van der Waals surface area contributed by atoms with Crippen LogP contribution in [0.15, 0.2) is 36.5 Å². The zero-order chi connectivity index (χ0) is 15.5. The van der Waals surface area contributed by atoms with Crippen LogP contribution >= 0.6 is 0 Å². The van der Waals surface area contributed by atoms with Crippen molar-refractivity contribution in [1.29, 1.82) is 0 Å². The van der Waals surface area contributed by atoms with Crippen LogP contribution in [0.4, 0.5) is 5.95 Å². The summed E-state index contributed by atoms with van der Waals surface area (Å²) < 4.78 is 0. The molecule has 4 N–H and O–H groups in total. The van der Waals surface area contributed by atoms with Crippen molar-refractivity contribution in [2.45, 2.75) is 6.54 Å². The molecule has 22 heavy (non-hydrogen) atoms. The first-order valence-corrected chi connectivity index (χ1v) is 6.66. The van der Waals surface area contributed by atoms with Crippen molar-refractivity contribution in [3.05, 3.63) is 47.9 Å². The van der Waals surface area contributed by atoms with Gasteiger partial charge >= 0.3 is 0 Å². The Balaban J connectivity index is 1.79. The Bertz CT molecular complexity index is 777. The van der Waals surface area contributed by atoms with E-state index in [0.717, 1.165) is 16.8 Å². The quantitative estimate of drug-likeness (QED) is 0.665. The van der Waals surface area contributed by atoms with Crippen LogP contribution in [-0.2, 0) is 6.54 Å². The standard InChI is InChI=1S/C14H15N7O/c1-21(13(22)12-17-14(15)20-19-12)8-10-7-16-18-11(10)9-5-3-2-4-6-9/h2-7H,8H2,1H3,(H,16,18)(H3,15,17,19,20). The zero-order valence-corrected chi connectivity index (χ0v) is 11.9. The molecule has 0 unspecified atom stereocenters. The van der Waals surface area contributed by atoms with E-state index in [0.29, 0.717) is 6.54 Å². The van der Waals surface area contributed by atoms with Crippen molar-refractivity contribution in [2.75, 3.05) is 12.8 Å². The molecule has 0 saturated carbocycles. The van der Waals surface area contributed by atoms with Crippen molar-refractivity contribution in [3.63, 3.8) is 0 Å². The third kappa shape index (κ3) is 2.66. The highest BCUT2D eigenvalue weighted by Gasteiger charge is 2.18. The van der Waals surface area contributed by atoms with Gasteiger partial charge in [0.25, 0.3) is 5.91 Å². The van der Waals surface area contributed by atoms with E-state index in [-0.39, 0.29) is 17.7 Å². The normalized spacial score (nSPS) is 10.6. The molecule has 2 aromatic heterocycles. The maximum Gasteiger partial charge on any atom is 0.291 e. The SMILES string of the molecule is CN(Cc1cn[nH]c1-c1ccccc1)C(=O)c1nc(N)n[nH]1. The molecule has 0 bridgehead atoms. The monoisotopic (exact) mass is 297 g/mol. The van der Waals surface area contributed by atoms with Gasteiger partial charge in [-0.25, -0.2) is 0 Å². The number of benzene rings is 1. The van der Waals surface area contributed by atoms with Crippen LogP contribution in [0.5, 0.6) is 0 Å². The number of anilines is 1. The lowest BCUT2D eigenvalue weighted by molar-refractivity contribution is 0.0774. The van der Waals surface area contributed by atoms with E-state index >= 15 is 0 Å². The smallest absolute Gasteiger partial charge is 0.291 e. The van der Waals surface area contributed by atoms with E-state index in [4.69, 9.17) is 5.73 Å². The average Bonchev–Trinajstić information content (AvgIpc) is 3.16. The number of hydrogen-bond acceptors (Lipinski definition) is 5. The minimum Gasteiger partial charge on any atom is -0.366 e. The Morgan fingerprint density at radius 1 is 1.27 bits per heavy atom. The third-order valence-electron chi connectivity index (χ3n) is 3.24. The number of carbonyl (C=O) groups excluding carboxylic acids is 1. The number of aromatic nitrogens is 5. The summed E-state index contributed by atoms with van der Waals surface area (Å²) in [5, 5.41) is 13.2. The number of rotatable bonds is 4. The van der Waals surface area contributed by atoms with Gasteiger partial charge in [0.2, 0.25) is 11.8 Å². The number of hydrogen-bond donors (Lipinski definition) is 3. The molecule has 0 atom stereocenters. The highest BCUT2D eigenvalue weighted by atomic mass is 16.2. The van der Waals surface area contributed by atoms with Gasteiger partial charge in [-0.1, -0.05) is 30.3 Å². The van der Waals surface area contributed by atoms with Crippen molar-refractivity contribution in [1.82, 2.24) is 30.3 Å². The molecule has 0 fully saturated rings. The minimum absolute atomic E-state index is 0.0463. The molecule has 1 amide bonds. The number of H-pyrrole nitrogens is 2. The van der Waals surface area contributed by atoms with Gasteiger partial charge < -0.3 is 10.6 Å². The van der Waals surface area contributed by atoms with Crippen LogP contribution < -0.4 is 5.73 Å². The summed E-state index contributed by atoms with van der Waals surface area (Å²) in [4.78, 5) is 17.6. The second-order valence-corrected chi connectivity index (χ2v) is 4.84. The predicted molar refractivity (Wildman–Crippen MR) is 80.6 cm³/mol. The van der Waals surface area contributed by atoms with Gasteiger partial charge in [0, 0.05) is 19.2 Å². The number of nitrogens with two attached hydrogens (primary N) is 1. The summed E-state index contributed by atoms with van der Waals surface area (Å²) in [6.45, 7) is 0.389. The largest absolute Gasteiger partial charge is 0.366 e. The Morgan fingerprint density at radius 3 is 2.73 bits per heavy atom. The van der Waals surface area contributed by atoms with E-state index in [2.05, 4.69) is 25.4 Å². The number of carbonyl (C=O) groups is 1. The molecule has 2 heterocycles. The second kappa shape index (κ2) is 5.68. The Hall–Kier alpha value is -3.16. The highest BCUT2D eigenvalue weighted by Crippen LogP contribution is 2.21. The lowest BCUT2D eigenvalue weighted by atomic mass is 10.1. The zero-order valence-electron chi connectivity index (χ0n) is 11.9. The molecule has 0 aliphatic heterocycles. The summed E-state index contributed by atoms with van der Waals surface area (Å²) in [5.74, 6) is -0.126. The van der Waals surface area contributed by atoms with Crippen LogP contribution in [0.1, 0.15) is 16.2 Å². The first-order chi connectivity index (χ1) is 10.6. The summed E-state index contributed by atoms with van der Waals surface area (Å²) in [5.41, 5.74) is 8.23. The first-order valence-electron chi connectivity index (χ1n) is 6.66. The fraction of sp³-hybridized carbons (Fsp3) is 0.143. The van der Waals surface area contributed by atoms with Gasteiger partial charge in [-0.3, -0.25) is 15.0 Å². The minimum atomic E-state index is -0.288. The number of nitrogens with zero attached hydrogens (tertiary/aromatic N) is 4. The third-order valence-corrected chi connectivity index (χ3v) is 3.24. The summed E-state index contributed by atoms with van der Waals surface area (Å²) in [6, 6.07) is 9.81. The van der Waals surface area contributed by atoms with Crippen molar-refractivity contribution < 1.29 is 4.79 Å². The fourth-order valence-electron chi connectivity index (χ4n) is 2.16. The van der Waals surface area contributed by atoms with Gasteiger partial charge in [-0.05, 0) is 5.56 Å². The fourth-order valence-corrected chi connectivity index (χ4v) is 2.16. The van der Waals surface area contributed by atoms with Crippen molar-refractivity contribution >= 4 is 11.9 Å².